The number of aromatic nitrogens is 2. The Kier molecular flexibility index (Phi) is 5.94. The highest BCUT2D eigenvalue weighted by atomic mass is 79.9. The number of carbonyl (C=O) groups is 1. The van der Waals surface area contributed by atoms with E-state index in [0.717, 1.165) is 35.8 Å². The molecule has 0 spiro atoms. The first-order valence-corrected chi connectivity index (χ1v) is 9.97. The molecule has 3 rings (SSSR count). The van der Waals surface area contributed by atoms with Crippen molar-refractivity contribution in [1.82, 2.24) is 15.1 Å². The largest absolute Gasteiger partial charge is 0.411 e. The smallest absolute Gasteiger partial charge is 0.277 e. The van der Waals surface area contributed by atoms with Gasteiger partial charge in [-0.25, -0.2) is 0 Å². The van der Waals surface area contributed by atoms with Crippen LogP contribution in [0.5, 0.6) is 0 Å². The summed E-state index contributed by atoms with van der Waals surface area (Å²) in [5.41, 5.74) is 0.852. The summed E-state index contributed by atoms with van der Waals surface area (Å²) in [6.45, 7) is 3.01. The first kappa shape index (κ1) is 17.5. The van der Waals surface area contributed by atoms with Crippen molar-refractivity contribution in [2.24, 2.45) is 0 Å². The average Bonchev–Trinajstić information content (AvgIpc) is 3.08. The Hall–Kier alpha value is -1.34. The molecule has 0 N–H and O–H groups in total. The Morgan fingerprint density at radius 1 is 1.38 bits per heavy atom. The molecule has 1 aliphatic heterocycles. The normalized spacial score (nSPS) is 17.9. The van der Waals surface area contributed by atoms with E-state index in [1.165, 1.54) is 18.2 Å². The van der Waals surface area contributed by atoms with Gasteiger partial charge >= 0.3 is 0 Å². The summed E-state index contributed by atoms with van der Waals surface area (Å²) in [4.78, 5) is 14.5. The van der Waals surface area contributed by atoms with Crippen LogP contribution >= 0.6 is 27.7 Å². The van der Waals surface area contributed by atoms with Crippen LogP contribution in [0.3, 0.4) is 0 Å². The van der Waals surface area contributed by atoms with Crippen molar-refractivity contribution in [3.63, 3.8) is 0 Å². The molecule has 1 aromatic heterocycles. The number of thioether (sulfide) groups is 1. The molecule has 0 radical (unpaired) electrons. The predicted molar refractivity (Wildman–Crippen MR) is 97.8 cm³/mol. The Morgan fingerprint density at radius 2 is 2.21 bits per heavy atom. The van der Waals surface area contributed by atoms with E-state index in [2.05, 4.69) is 33.1 Å². The number of benzene rings is 1. The first-order chi connectivity index (χ1) is 11.7. The monoisotopic (exact) mass is 409 g/mol. The lowest BCUT2D eigenvalue weighted by atomic mass is 10.0. The molecule has 1 aliphatic rings. The highest BCUT2D eigenvalue weighted by Crippen LogP contribution is 2.29. The lowest BCUT2D eigenvalue weighted by molar-refractivity contribution is -0.132. The molecule has 1 aromatic carbocycles. The van der Waals surface area contributed by atoms with E-state index in [0.29, 0.717) is 22.9 Å². The van der Waals surface area contributed by atoms with Crippen LogP contribution < -0.4 is 0 Å². The minimum atomic E-state index is 0.159. The third kappa shape index (κ3) is 4.00. The van der Waals surface area contributed by atoms with E-state index in [9.17, 15) is 4.79 Å². The van der Waals surface area contributed by atoms with Gasteiger partial charge in [0, 0.05) is 17.1 Å². The fraction of sp³-hybridized carbons (Fsp3) is 0.471. The van der Waals surface area contributed by atoms with Crippen LogP contribution in [0.1, 0.15) is 32.6 Å². The van der Waals surface area contributed by atoms with Gasteiger partial charge in [0.1, 0.15) is 0 Å². The summed E-state index contributed by atoms with van der Waals surface area (Å²) in [6.07, 6.45) is 4.44. The highest BCUT2D eigenvalue weighted by Gasteiger charge is 2.25. The van der Waals surface area contributed by atoms with Gasteiger partial charge in [-0.15, -0.1) is 10.2 Å². The van der Waals surface area contributed by atoms with Crippen LogP contribution in [0.4, 0.5) is 0 Å². The van der Waals surface area contributed by atoms with Crippen LogP contribution in [0.15, 0.2) is 38.4 Å². The van der Waals surface area contributed by atoms with E-state index in [1.54, 1.807) is 0 Å². The van der Waals surface area contributed by atoms with Gasteiger partial charge in [-0.1, -0.05) is 30.8 Å². The van der Waals surface area contributed by atoms with Crippen molar-refractivity contribution in [3.05, 3.63) is 28.7 Å². The number of nitrogens with zero attached hydrogens (tertiary/aromatic N) is 3. The molecule has 2 heterocycles. The van der Waals surface area contributed by atoms with Crippen molar-refractivity contribution in [2.75, 3.05) is 12.3 Å². The molecule has 0 unspecified atom stereocenters. The fourth-order valence-electron chi connectivity index (χ4n) is 2.97. The minimum Gasteiger partial charge on any atom is -0.411 e. The molecule has 1 fully saturated rings. The zero-order chi connectivity index (χ0) is 16.9. The molecular weight excluding hydrogens is 390 g/mol. The molecule has 24 heavy (non-hydrogen) atoms. The van der Waals surface area contributed by atoms with Gasteiger partial charge in [0.05, 0.1) is 11.3 Å². The maximum Gasteiger partial charge on any atom is 0.277 e. The number of hydrogen-bond donors (Lipinski definition) is 0. The highest BCUT2D eigenvalue weighted by molar-refractivity contribution is 9.10. The topological polar surface area (TPSA) is 59.2 Å². The standard InChI is InChI=1S/C17H20BrN3O2S/c1-2-12-7-5-6-10-21(12)15(22)11-24-17-20-19-16(23-17)13-8-3-4-9-14(13)18/h3-4,8-9,12H,2,5-7,10-11H2,1H3/t12-/m1/s1. The van der Waals surface area contributed by atoms with Gasteiger partial charge in [0.25, 0.3) is 5.22 Å². The summed E-state index contributed by atoms with van der Waals surface area (Å²) < 4.78 is 6.58. The number of hydrogen-bond acceptors (Lipinski definition) is 5. The third-order valence-corrected chi connectivity index (χ3v) is 5.74. The van der Waals surface area contributed by atoms with Crippen LogP contribution in [-0.2, 0) is 4.79 Å². The van der Waals surface area contributed by atoms with Crippen molar-refractivity contribution in [2.45, 2.75) is 43.9 Å². The third-order valence-electron chi connectivity index (χ3n) is 4.25. The Morgan fingerprint density at radius 3 is 3.00 bits per heavy atom. The van der Waals surface area contributed by atoms with E-state index in [1.807, 2.05) is 29.2 Å². The molecule has 1 atom stereocenters. The lowest BCUT2D eigenvalue weighted by Gasteiger charge is -2.35. The summed E-state index contributed by atoms with van der Waals surface area (Å²) in [5.74, 6) is 0.961. The molecule has 0 saturated carbocycles. The van der Waals surface area contributed by atoms with Crippen LogP contribution in [0.2, 0.25) is 0 Å². The van der Waals surface area contributed by atoms with Gasteiger partial charge in [-0.05, 0) is 53.7 Å². The second-order valence-electron chi connectivity index (χ2n) is 5.79. The molecule has 0 aliphatic carbocycles. The van der Waals surface area contributed by atoms with E-state index in [4.69, 9.17) is 4.42 Å². The van der Waals surface area contributed by atoms with Crippen LogP contribution in [0, 0.1) is 0 Å². The number of rotatable bonds is 5. The molecule has 2 aromatic rings. The molecule has 1 saturated heterocycles. The maximum atomic E-state index is 12.5. The number of carbonyl (C=O) groups excluding carboxylic acids is 1. The van der Waals surface area contributed by atoms with E-state index < -0.39 is 0 Å². The summed E-state index contributed by atoms with van der Waals surface area (Å²) >= 11 is 4.78. The Bertz CT molecular complexity index is 707. The molecule has 7 heteroatoms. The van der Waals surface area contributed by atoms with Crippen molar-refractivity contribution >= 4 is 33.6 Å². The lowest BCUT2D eigenvalue weighted by Crippen LogP contribution is -2.44. The van der Waals surface area contributed by atoms with Gasteiger partial charge in [0.2, 0.25) is 11.8 Å². The molecule has 5 nitrogen and oxygen atoms in total. The van der Waals surface area contributed by atoms with Gasteiger partial charge in [0.15, 0.2) is 0 Å². The fourth-order valence-corrected chi connectivity index (χ4v) is 4.07. The quantitative estimate of drug-likeness (QED) is 0.685. The second-order valence-corrected chi connectivity index (χ2v) is 7.57. The average molecular weight is 410 g/mol. The van der Waals surface area contributed by atoms with Gasteiger partial charge < -0.3 is 9.32 Å². The molecule has 1 amide bonds. The Balaban J connectivity index is 1.61. The van der Waals surface area contributed by atoms with Crippen molar-refractivity contribution < 1.29 is 9.21 Å². The number of halogens is 1. The second kappa shape index (κ2) is 8.16. The van der Waals surface area contributed by atoms with Crippen molar-refractivity contribution in [1.29, 1.82) is 0 Å². The van der Waals surface area contributed by atoms with Gasteiger partial charge in [-0.2, -0.15) is 0 Å². The number of likely N-dealkylation sites (tertiary alicyclic amines) is 1. The van der Waals surface area contributed by atoms with Crippen LogP contribution in [-0.4, -0.2) is 39.3 Å². The number of amides is 1. The zero-order valence-corrected chi connectivity index (χ0v) is 16.0. The zero-order valence-electron chi connectivity index (χ0n) is 13.6. The SMILES string of the molecule is CC[C@@H]1CCCCN1C(=O)CSc1nnc(-c2ccccc2Br)o1. The Labute approximate surface area is 154 Å². The summed E-state index contributed by atoms with van der Waals surface area (Å²) in [7, 11) is 0. The molecular formula is C17H20BrN3O2S. The van der Waals surface area contributed by atoms with Gasteiger partial charge in [-0.3, -0.25) is 4.79 Å². The summed E-state index contributed by atoms with van der Waals surface area (Å²) in [5, 5.41) is 8.55. The number of piperidine rings is 1. The van der Waals surface area contributed by atoms with E-state index >= 15 is 0 Å². The molecule has 0 bridgehead atoms. The predicted octanol–water partition coefficient (Wildman–Crippen LogP) is 4.38. The van der Waals surface area contributed by atoms with Crippen LogP contribution in [0.25, 0.3) is 11.5 Å². The van der Waals surface area contributed by atoms with Crippen molar-refractivity contribution in [3.8, 4) is 11.5 Å². The minimum absolute atomic E-state index is 0.159. The maximum absolute atomic E-state index is 12.5. The summed E-state index contributed by atoms with van der Waals surface area (Å²) in [6, 6.07) is 8.07. The van der Waals surface area contributed by atoms with E-state index in [-0.39, 0.29) is 5.91 Å². The molecule has 128 valence electrons. The first-order valence-electron chi connectivity index (χ1n) is 8.19.